The molecule has 0 radical (unpaired) electrons. The molecule has 1 aliphatic carbocycles. The summed E-state index contributed by atoms with van der Waals surface area (Å²) in [7, 11) is 0. The van der Waals surface area contributed by atoms with Gasteiger partial charge in [-0.05, 0) is 32.1 Å². The van der Waals surface area contributed by atoms with Crippen molar-refractivity contribution in [3.05, 3.63) is 42.1 Å². The molecule has 12 nitrogen and oxygen atoms in total. The van der Waals surface area contributed by atoms with Crippen molar-refractivity contribution in [2.45, 2.75) is 39.7 Å². The maximum atomic E-state index is 13.4. The standard InChI is InChI=1S/C31H40N6O6/c1-4-6-16-43-31(41)36-14-12-35(13-15-36)29(39)20(3)32-28(38)24-17-25(34-27(33-24)21-10-8-7-9-11-21)37-18-22-23(19-37)26(22)30(40)42-5-2/h7-11,17,20,22-23,26H,4-6,12-16,18-19H2,1-3H3,(H,32,38)/t20?,22-,23+,26?. The predicted octanol–water partition coefficient (Wildman–Crippen LogP) is 2.59. The number of nitrogens with zero attached hydrogens (tertiary/aromatic N) is 5. The summed E-state index contributed by atoms with van der Waals surface area (Å²) in [4.78, 5) is 65.7. The van der Waals surface area contributed by atoms with Crippen LogP contribution in [0.5, 0.6) is 0 Å². The van der Waals surface area contributed by atoms with Crippen molar-refractivity contribution in [1.82, 2.24) is 25.1 Å². The molecule has 0 bridgehead atoms. The molecule has 2 unspecified atom stereocenters. The molecule has 4 atom stereocenters. The third-order valence-corrected chi connectivity index (χ3v) is 8.35. The molecule has 12 heteroatoms. The molecule has 43 heavy (non-hydrogen) atoms. The quantitative estimate of drug-likeness (QED) is 0.326. The number of ether oxygens (including phenoxy) is 2. The number of hydrogen-bond donors (Lipinski definition) is 1. The minimum absolute atomic E-state index is 0.0742. The minimum Gasteiger partial charge on any atom is -0.466 e. The number of carbonyl (C=O) groups excluding carboxylic acids is 4. The highest BCUT2D eigenvalue weighted by Crippen LogP contribution is 2.53. The fourth-order valence-corrected chi connectivity index (χ4v) is 5.84. The Bertz CT molecular complexity index is 1320. The molecule has 0 spiro atoms. The van der Waals surface area contributed by atoms with Crippen molar-refractivity contribution in [2.24, 2.45) is 17.8 Å². The van der Waals surface area contributed by atoms with E-state index in [2.05, 4.69) is 15.2 Å². The maximum Gasteiger partial charge on any atom is 0.409 e. The normalized spacial score (nSPS) is 21.6. The summed E-state index contributed by atoms with van der Waals surface area (Å²) in [6, 6.07) is 10.3. The van der Waals surface area contributed by atoms with Crippen LogP contribution in [-0.4, -0.2) is 102 Å². The summed E-state index contributed by atoms with van der Waals surface area (Å²) in [6.45, 7) is 9.02. The van der Waals surface area contributed by atoms with Crippen molar-refractivity contribution in [1.29, 1.82) is 0 Å². The molecular formula is C31H40N6O6. The number of rotatable bonds is 10. The van der Waals surface area contributed by atoms with Gasteiger partial charge in [0.15, 0.2) is 5.82 Å². The average Bonchev–Trinajstić information content (AvgIpc) is 3.54. The van der Waals surface area contributed by atoms with E-state index in [1.54, 1.807) is 22.8 Å². The molecule has 2 aliphatic heterocycles. The van der Waals surface area contributed by atoms with Gasteiger partial charge in [-0.3, -0.25) is 14.4 Å². The van der Waals surface area contributed by atoms with Gasteiger partial charge in [-0.25, -0.2) is 14.8 Å². The van der Waals surface area contributed by atoms with E-state index in [1.807, 2.05) is 44.2 Å². The van der Waals surface area contributed by atoms with Gasteiger partial charge < -0.3 is 29.5 Å². The minimum atomic E-state index is -0.793. The lowest BCUT2D eigenvalue weighted by atomic mass is 10.2. The predicted molar refractivity (Wildman–Crippen MR) is 158 cm³/mol. The number of nitrogens with one attached hydrogen (secondary N) is 1. The first kappa shape index (κ1) is 30.2. The fraction of sp³-hybridized carbons (Fsp3) is 0.548. The van der Waals surface area contributed by atoms with E-state index in [-0.39, 0.29) is 41.4 Å². The van der Waals surface area contributed by atoms with E-state index in [1.165, 1.54) is 0 Å². The van der Waals surface area contributed by atoms with Crippen molar-refractivity contribution >= 4 is 29.7 Å². The topological polar surface area (TPSA) is 134 Å². The maximum absolute atomic E-state index is 13.4. The summed E-state index contributed by atoms with van der Waals surface area (Å²) >= 11 is 0. The number of unbranched alkanes of at least 4 members (excludes halogenated alkanes) is 1. The molecule has 1 aromatic carbocycles. The van der Waals surface area contributed by atoms with E-state index in [4.69, 9.17) is 14.5 Å². The first-order chi connectivity index (χ1) is 20.8. The van der Waals surface area contributed by atoms with Crippen LogP contribution >= 0.6 is 0 Å². The summed E-state index contributed by atoms with van der Waals surface area (Å²) in [5.74, 6) is 0.516. The SMILES string of the molecule is CCCCOC(=O)N1CCN(C(=O)C(C)NC(=O)c2cc(N3C[C@@H]4C(C(=O)OCC)[C@@H]4C3)nc(-c3ccccc3)n2)CC1. The molecule has 3 heterocycles. The van der Waals surface area contributed by atoms with Gasteiger partial charge >= 0.3 is 12.1 Å². The van der Waals surface area contributed by atoms with Crippen LogP contribution in [0.1, 0.15) is 44.1 Å². The monoisotopic (exact) mass is 592 g/mol. The summed E-state index contributed by atoms with van der Waals surface area (Å²) in [5, 5.41) is 2.81. The molecular weight excluding hydrogens is 552 g/mol. The Morgan fingerprint density at radius 2 is 1.63 bits per heavy atom. The zero-order valence-corrected chi connectivity index (χ0v) is 25.0. The van der Waals surface area contributed by atoms with Crippen LogP contribution in [0.2, 0.25) is 0 Å². The van der Waals surface area contributed by atoms with E-state index in [0.29, 0.717) is 64.1 Å². The molecule has 3 amide bonds. The number of anilines is 1. The van der Waals surface area contributed by atoms with Gasteiger partial charge in [0.2, 0.25) is 5.91 Å². The zero-order chi connectivity index (χ0) is 30.5. The molecule has 2 saturated heterocycles. The van der Waals surface area contributed by atoms with E-state index in [9.17, 15) is 19.2 Å². The van der Waals surface area contributed by atoms with Crippen LogP contribution in [0.15, 0.2) is 36.4 Å². The Morgan fingerprint density at radius 3 is 2.28 bits per heavy atom. The summed E-state index contributed by atoms with van der Waals surface area (Å²) in [5.41, 5.74) is 0.924. The van der Waals surface area contributed by atoms with Crippen LogP contribution in [0.25, 0.3) is 11.4 Å². The first-order valence-electron chi connectivity index (χ1n) is 15.2. The Balaban J connectivity index is 1.23. The third-order valence-electron chi connectivity index (χ3n) is 8.35. The van der Waals surface area contributed by atoms with Crippen molar-refractivity contribution < 1.29 is 28.7 Å². The summed E-state index contributed by atoms with van der Waals surface area (Å²) in [6.07, 6.45) is 1.40. The number of fused-ring (bicyclic) bond motifs is 1. The zero-order valence-electron chi connectivity index (χ0n) is 25.0. The van der Waals surface area contributed by atoms with Crippen LogP contribution in [0.3, 0.4) is 0 Å². The molecule has 1 aromatic heterocycles. The highest BCUT2D eigenvalue weighted by atomic mass is 16.6. The highest BCUT2D eigenvalue weighted by molar-refractivity contribution is 5.97. The highest BCUT2D eigenvalue weighted by Gasteiger charge is 2.60. The van der Waals surface area contributed by atoms with Gasteiger partial charge in [0.1, 0.15) is 17.6 Å². The first-order valence-corrected chi connectivity index (χ1v) is 15.2. The van der Waals surface area contributed by atoms with Gasteiger partial charge in [-0.2, -0.15) is 0 Å². The van der Waals surface area contributed by atoms with Crippen molar-refractivity contribution in [3.8, 4) is 11.4 Å². The Hall–Kier alpha value is -4.22. The molecule has 1 saturated carbocycles. The number of benzene rings is 1. The molecule has 1 N–H and O–H groups in total. The van der Waals surface area contributed by atoms with Gasteiger partial charge in [-0.15, -0.1) is 0 Å². The molecule has 230 valence electrons. The van der Waals surface area contributed by atoms with Crippen molar-refractivity contribution in [2.75, 3.05) is 57.4 Å². The number of piperidine rings is 1. The van der Waals surface area contributed by atoms with Crippen LogP contribution in [0, 0.1) is 17.8 Å². The van der Waals surface area contributed by atoms with E-state index < -0.39 is 11.9 Å². The lowest BCUT2D eigenvalue weighted by molar-refractivity contribution is -0.145. The smallest absolute Gasteiger partial charge is 0.409 e. The molecule has 2 aromatic rings. The number of carbonyl (C=O) groups is 4. The van der Waals surface area contributed by atoms with Crippen molar-refractivity contribution in [3.63, 3.8) is 0 Å². The van der Waals surface area contributed by atoms with Gasteiger partial charge in [0.05, 0.1) is 19.1 Å². The number of aromatic nitrogens is 2. The van der Waals surface area contributed by atoms with Crippen LogP contribution < -0.4 is 10.2 Å². The van der Waals surface area contributed by atoms with Crippen LogP contribution in [-0.2, 0) is 19.1 Å². The second-order valence-electron chi connectivity index (χ2n) is 11.3. The largest absolute Gasteiger partial charge is 0.466 e. The lowest BCUT2D eigenvalue weighted by Gasteiger charge is -2.35. The molecule has 3 fully saturated rings. The number of piperazine rings is 1. The number of esters is 1. The fourth-order valence-electron chi connectivity index (χ4n) is 5.84. The second-order valence-corrected chi connectivity index (χ2v) is 11.3. The summed E-state index contributed by atoms with van der Waals surface area (Å²) < 4.78 is 10.5. The van der Waals surface area contributed by atoms with Gasteiger partial charge in [0, 0.05) is 50.9 Å². The average molecular weight is 593 g/mol. The van der Waals surface area contributed by atoms with Gasteiger partial charge in [0.25, 0.3) is 5.91 Å². The number of amides is 3. The molecule has 5 rings (SSSR count). The Labute approximate surface area is 251 Å². The van der Waals surface area contributed by atoms with Crippen LogP contribution in [0.4, 0.5) is 10.6 Å². The third kappa shape index (κ3) is 6.89. The lowest BCUT2D eigenvalue weighted by Crippen LogP contribution is -2.55. The van der Waals surface area contributed by atoms with Gasteiger partial charge in [-0.1, -0.05) is 43.7 Å². The van der Waals surface area contributed by atoms with E-state index >= 15 is 0 Å². The second kappa shape index (κ2) is 13.4. The van der Waals surface area contributed by atoms with E-state index in [0.717, 1.165) is 18.4 Å². The number of hydrogen-bond acceptors (Lipinski definition) is 9. The molecule has 3 aliphatic rings. The Morgan fingerprint density at radius 1 is 0.953 bits per heavy atom. The Kier molecular flexibility index (Phi) is 9.42.